The lowest BCUT2D eigenvalue weighted by molar-refractivity contribution is 0.600. The van der Waals surface area contributed by atoms with Crippen molar-refractivity contribution >= 4 is 0 Å². The van der Waals surface area contributed by atoms with E-state index >= 15 is 0 Å². The van der Waals surface area contributed by atoms with E-state index in [9.17, 15) is 0 Å². The molecular formula is C12H17. The molecule has 0 aliphatic carbocycles. The van der Waals surface area contributed by atoms with E-state index in [1.807, 2.05) is 0 Å². The average Bonchev–Trinajstić information content (AvgIpc) is 2.06. The lowest BCUT2D eigenvalue weighted by Gasteiger charge is -2.14. The third-order valence-corrected chi connectivity index (χ3v) is 2.37. The maximum absolute atomic E-state index is 2.28. The minimum absolute atomic E-state index is 0.701. The first kappa shape index (κ1) is 9.31. The monoisotopic (exact) mass is 161 g/mol. The van der Waals surface area contributed by atoms with Gasteiger partial charge in [-0.15, -0.1) is 0 Å². The molecule has 65 valence electrons. The minimum Gasteiger partial charge on any atom is -0.0622 e. The van der Waals surface area contributed by atoms with Gasteiger partial charge in [0.15, 0.2) is 0 Å². The zero-order valence-corrected chi connectivity index (χ0v) is 8.17. The van der Waals surface area contributed by atoms with Crippen molar-refractivity contribution in [1.82, 2.24) is 0 Å². The van der Waals surface area contributed by atoms with E-state index in [0.717, 1.165) is 0 Å². The molecule has 0 aliphatic heterocycles. The zero-order valence-electron chi connectivity index (χ0n) is 8.17. The van der Waals surface area contributed by atoms with Crippen LogP contribution in [0.1, 0.15) is 26.3 Å². The van der Waals surface area contributed by atoms with Crippen molar-refractivity contribution in [3.05, 3.63) is 41.8 Å². The molecule has 0 saturated heterocycles. The predicted octanol–water partition coefficient (Wildman–Crippen LogP) is 3.48. The minimum atomic E-state index is 0.701. The molecule has 0 spiro atoms. The standard InChI is InChI=1S/C12H17/c1-10(2)11(3)9-12-7-5-4-6-8-12/h4-8,11H,9H2,1-3H3. The Labute approximate surface area is 75.6 Å². The van der Waals surface area contributed by atoms with E-state index in [2.05, 4.69) is 51.1 Å². The maximum Gasteiger partial charge on any atom is -0.0248 e. The summed E-state index contributed by atoms with van der Waals surface area (Å²) in [6.45, 7) is 6.68. The van der Waals surface area contributed by atoms with Gasteiger partial charge >= 0.3 is 0 Å². The number of rotatable bonds is 3. The van der Waals surface area contributed by atoms with Gasteiger partial charge in [0.25, 0.3) is 0 Å². The molecule has 0 heterocycles. The first-order chi connectivity index (χ1) is 5.70. The van der Waals surface area contributed by atoms with E-state index in [-0.39, 0.29) is 0 Å². The molecular weight excluding hydrogens is 144 g/mol. The molecule has 1 aromatic carbocycles. The van der Waals surface area contributed by atoms with Crippen LogP contribution in [-0.2, 0) is 6.42 Å². The summed E-state index contributed by atoms with van der Waals surface area (Å²) in [4.78, 5) is 0. The van der Waals surface area contributed by atoms with Crippen molar-refractivity contribution in [2.75, 3.05) is 0 Å². The van der Waals surface area contributed by atoms with Crippen LogP contribution in [0.2, 0.25) is 0 Å². The fourth-order valence-electron chi connectivity index (χ4n) is 1.17. The van der Waals surface area contributed by atoms with Gasteiger partial charge in [0.05, 0.1) is 0 Å². The molecule has 0 bridgehead atoms. The predicted molar refractivity (Wildman–Crippen MR) is 53.9 cm³/mol. The number of hydrogen-bond acceptors (Lipinski definition) is 0. The highest BCUT2D eigenvalue weighted by atomic mass is 14.1. The fourth-order valence-corrected chi connectivity index (χ4v) is 1.17. The molecule has 1 unspecified atom stereocenters. The Morgan fingerprint density at radius 2 is 1.75 bits per heavy atom. The van der Waals surface area contributed by atoms with Gasteiger partial charge in [0, 0.05) is 0 Å². The highest BCUT2D eigenvalue weighted by molar-refractivity contribution is 5.16. The third kappa shape index (κ3) is 2.69. The maximum atomic E-state index is 2.28. The van der Waals surface area contributed by atoms with E-state index in [0.29, 0.717) is 5.92 Å². The molecule has 0 amide bonds. The SMILES string of the molecule is C[C](C)C(C)Cc1ccccc1. The molecule has 1 rings (SSSR count). The molecule has 0 heteroatoms. The second-order valence-corrected chi connectivity index (χ2v) is 3.67. The summed E-state index contributed by atoms with van der Waals surface area (Å²) in [6, 6.07) is 10.7. The summed E-state index contributed by atoms with van der Waals surface area (Å²) in [5.74, 6) is 2.21. The molecule has 0 nitrogen and oxygen atoms in total. The van der Waals surface area contributed by atoms with Gasteiger partial charge in [-0.25, -0.2) is 0 Å². The van der Waals surface area contributed by atoms with Crippen molar-refractivity contribution in [2.45, 2.75) is 27.2 Å². The Morgan fingerprint density at radius 3 is 2.25 bits per heavy atom. The van der Waals surface area contributed by atoms with Crippen molar-refractivity contribution in [3.8, 4) is 0 Å². The summed E-state index contributed by atoms with van der Waals surface area (Å²) < 4.78 is 0. The first-order valence-corrected chi connectivity index (χ1v) is 4.54. The second kappa shape index (κ2) is 4.30. The molecule has 1 atom stereocenters. The Bertz CT molecular complexity index is 211. The normalized spacial score (nSPS) is 13.3. The van der Waals surface area contributed by atoms with Crippen LogP contribution in [0.3, 0.4) is 0 Å². The summed E-state index contributed by atoms with van der Waals surface area (Å²) in [6.07, 6.45) is 1.17. The van der Waals surface area contributed by atoms with Crippen LogP contribution >= 0.6 is 0 Å². The Kier molecular flexibility index (Phi) is 3.33. The molecule has 0 saturated carbocycles. The Morgan fingerprint density at radius 1 is 1.17 bits per heavy atom. The van der Waals surface area contributed by atoms with Crippen LogP contribution in [0.5, 0.6) is 0 Å². The zero-order chi connectivity index (χ0) is 8.97. The van der Waals surface area contributed by atoms with Crippen molar-refractivity contribution in [1.29, 1.82) is 0 Å². The lowest BCUT2D eigenvalue weighted by Crippen LogP contribution is -2.05. The van der Waals surface area contributed by atoms with Crippen LogP contribution in [-0.4, -0.2) is 0 Å². The summed E-state index contributed by atoms with van der Waals surface area (Å²) in [7, 11) is 0. The van der Waals surface area contributed by atoms with Crippen LogP contribution in [0.15, 0.2) is 30.3 Å². The largest absolute Gasteiger partial charge is 0.0622 e. The van der Waals surface area contributed by atoms with Gasteiger partial charge in [-0.2, -0.15) is 0 Å². The van der Waals surface area contributed by atoms with Crippen LogP contribution < -0.4 is 0 Å². The topological polar surface area (TPSA) is 0 Å². The summed E-state index contributed by atoms with van der Waals surface area (Å²) in [5.41, 5.74) is 1.44. The van der Waals surface area contributed by atoms with Gasteiger partial charge < -0.3 is 0 Å². The summed E-state index contributed by atoms with van der Waals surface area (Å²) in [5, 5.41) is 0. The molecule has 0 aliphatic rings. The van der Waals surface area contributed by atoms with Gasteiger partial charge in [-0.05, 0) is 23.8 Å². The average molecular weight is 161 g/mol. The van der Waals surface area contributed by atoms with Crippen molar-refractivity contribution in [2.24, 2.45) is 5.92 Å². The van der Waals surface area contributed by atoms with Crippen LogP contribution in [0.25, 0.3) is 0 Å². The summed E-state index contributed by atoms with van der Waals surface area (Å²) >= 11 is 0. The molecule has 0 N–H and O–H groups in total. The smallest absolute Gasteiger partial charge is 0.0248 e. The van der Waals surface area contributed by atoms with E-state index in [4.69, 9.17) is 0 Å². The highest BCUT2D eigenvalue weighted by Crippen LogP contribution is 2.17. The van der Waals surface area contributed by atoms with Gasteiger partial charge in [-0.1, -0.05) is 51.1 Å². The molecule has 1 aromatic rings. The molecule has 0 fully saturated rings. The second-order valence-electron chi connectivity index (χ2n) is 3.67. The van der Waals surface area contributed by atoms with E-state index < -0.39 is 0 Å². The molecule has 1 radical (unpaired) electrons. The lowest BCUT2D eigenvalue weighted by atomic mass is 9.91. The number of hydrogen-bond donors (Lipinski definition) is 0. The van der Waals surface area contributed by atoms with Crippen LogP contribution in [0.4, 0.5) is 0 Å². The number of benzene rings is 1. The Hall–Kier alpha value is -0.780. The molecule has 12 heavy (non-hydrogen) atoms. The van der Waals surface area contributed by atoms with E-state index in [1.54, 1.807) is 0 Å². The highest BCUT2D eigenvalue weighted by Gasteiger charge is 2.07. The first-order valence-electron chi connectivity index (χ1n) is 4.54. The molecule has 0 aromatic heterocycles. The van der Waals surface area contributed by atoms with Crippen molar-refractivity contribution < 1.29 is 0 Å². The third-order valence-electron chi connectivity index (χ3n) is 2.37. The van der Waals surface area contributed by atoms with Gasteiger partial charge in [0.1, 0.15) is 0 Å². The Balaban J connectivity index is 2.53. The quantitative estimate of drug-likeness (QED) is 0.636. The fraction of sp³-hybridized carbons (Fsp3) is 0.417. The van der Waals surface area contributed by atoms with Crippen LogP contribution in [0, 0.1) is 11.8 Å². The van der Waals surface area contributed by atoms with Crippen molar-refractivity contribution in [3.63, 3.8) is 0 Å². The van der Waals surface area contributed by atoms with Gasteiger partial charge in [0.2, 0.25) is 0 Å². The van der Waals surface area contributed by atoms with E-state index in [1.165, 1.54) is 17.9 Å². The van der Waals surface area contributed by atoms with Gasteiger partial charge in [-0.3, -0.25) is 0 Å².